The van der Waals surface area contributed by atoms with Gasteiger partial charge in [-0.05, 0) is 12.3 Å². The maximum atomic E-state index is 12.7. The molecule has 0 radical (unpaired) electrons. The quantitative estimate of drug-likeness (QED) is 0.365. The average Bonchev–Trinajstić information content (AvgIpc) is 2.59. The molecule has 0 aromatic rings. The van der Waals surface area contributed by atoms with Crippen LogP contribution < -0.4 is 0 Å². The Hall–Kier alpha value is -2.57. The van der Waals surface area contributed by atoms with Crippen LogP contribution in [0.5, 0.6) is 0 Å². The van der Waals surface area contributed by atoms with Crippen LogP contribution in [0.2, 0.25) is 0 Å². The van der Waals surface area contributed by atoms with Crippen molar-refractivity contribution in [2.24, 2.45) is 5.92 Å². The molecule has 1 fully saturated rings. The number of allylic oxidation sites excluding steroid dienone is 5. The summed E-state index contributed by atoms with van der Waals surface area (Å²) in [7, 11) is 1.24. The van der Waals surface area contributed by atoms with Crippen molar-refractivity contribution in [3.05, 3.63) is 36.0 Å². The lowest BCUT2D eigenvalue weighted by molar-refractivity contribution is -0.140. The molecule has 1 aliphatic heterocycles. The molecule has 0 saturated carbocycles. The van der Waals surface area contributed by atoms with E-state index in [-0.39, 0.29) is 11.5 Å². The van der Waals surface area contributed by atoms with Crippen LogP contribution in [0.25, 0.3) is 0 Å². The van der Waals surface area contributed by atoms with Crippen LogP contribution in [0.1, 0.15) is 19.3 Å². The Bertz CT molecular complexity index is 584. The van der Waals surface area contributed by atoms with Gasteiger partial charge in [0.1, 0.15) is 11.7 Å². The molecule has 0 bridgehead atoms. The first-order chi connectivity index (χ1) is 11.5. The number of nitrogens with zero attached hydrogens (tertiary/aromatic N) is 1. The lowest BCUT2D eigenvalue weighted by Crippen LogP contribution is -2.43. The number of carbonyl (C=O) groups excluding carboxylic acids is 2. The molecule has 24 heavy (non-hydrogen) atoms. The van der Waals surface area contributed by atoms with Crippen molar-refractivity contribution in [2.75, 3.05) is 20.2 Å². The first kappa shape index (κ1) is 17.8. The maximum Gasteiger partial charge on any atom is 0.506 e. The highest BCUT2D eigenvalue weighted by Crippen LogP contribution is 2.20. The molecule has 1 saturated heterocycles. The van der Waals surface area contributed by atoms with E-state index in [1.807, 2.05) is 24.3 Å². The molecule has 1 heterocycles. The van der Waals surface area contributed by atoms with Crippen molar-refractivity contribution in [3.63, 3.8) is 0 Å². The van der Waals surface area contributed by atoms with E-state index in [4.69, 9.17) is 14.6 Å². The predicted molar refractivity (Wildman–Crippen MR) is 85.2 cm³/mol. The van der Waals surface area contributed by atoms with Crippen LogP contribution in [0, 0.1) is 5.92 Å². The van der Waals surface area contributed by atoms with Crippen LogP contribution in [-0.4, -0.2) is 54.3 Å². The van der Waals surface area contributed by atoms with Gasteiger partial charge in [0.2, 0.25) is 0 Å². The van der Waals surface area contributed by atoms with Gasteiger partial charge in [0.25, 0.3) is 5.91 Å². The molecule has 2 rings (SSSR count). The average molecular weight is 335 g/mol. The summed E-state index contributed by atoms with van der Waals surface area (Å²) in [5, 5.41) is 8.63. The summed E-state index contributed by atoms with van der Waals surface area (Å²) in [6, 6.07) is 0. The van der Waals surface area contributed by atoms with Crippen molar-refractivity contribution in [1.29, 1.82) is 0 Å². The van der Waals surface area contributed by atoms with Gasteiger partial charge in [-0.1, -0.05) is 30.4 Å². The molecular formula is C17H21NO6. The lowest BCUT2D eigenvalue weighted by atomic mass is 9.97. The third-order valence-electron chi connectivity index (χ3n) is 4.03. The van der Waals surface area contributed by atoms with Gasteiger partial charge in [-0.15, -0.1) is 0 Å². The second-order valence-electron chi connectivity index (χ2n) is 5.66. The van der Waals surface area contributed by atoms with Gasteiger partial charge in [-0.25, -0.2) is 9.59 Å². The number of carbonyl (C=O) groups is 3. The molecule has 0 aromatic heterocycles. The smallest absolute Gasteiger partial charge is 0.465 e. The van der Waals surface area contributed by atoms with Crippen LogP contribution >= 0.6 is 0 Å². The number of rotatable bonds is 4. The van der Waals surface area contributed by atoms with E-state index in [0.29, 0.717) is 25.9 Å². The van der Waals surface area contributed by atoms with Crippen LogP contribution in [-0.2, 0) is 19.1 Å². The van der Waals surface area contributed by atoms with Crippen LogP contribution in [0.4, 0.5) is 4.79 Å². The van der Waals surface area contributed by atoms with Crippen molar-refractivity contribution < 1.29 is 29.0 Å². The molecule has 0 spiro atoms. The number of hydrogen-bond donors (Lipinski definition) is 1. The second-order valence-corrected chi connectivity index (χ2v) is 5.66. The first-order valence-corrected chi connectivity index (χ1v) is 7.83. The SMILES string of the molecule is COC(=O)C(=CC1C=CC=CC1)C(=O)N1CCC(OC(=O)O)CC1. The minimum atomic E-state index is -1.31. The molecule has 1 N–H and O–H groups in total. The van der Waals surface area contributed by atoms with E-state index in [2.05, 4.69) is 0 Å². The molecule has 1 unspecified atom stereocenters. The van der Waals surface area contributed by atoms with Crippen molar-refractivity contribution in [3.8, 4) is 0 Å². The van der Waals surface area contributed by atoms with E-state index in [1.54, 1.807) is 6.08 Å². The molecule has 2 aliphatic rings. The second kappa shape index (κ2) is 8.33. The minimum Gasteiger partial charge on any atom is -0.465 e. The Labute approximate surface area is 140 Å². The summed E-state index contributed by atoms with van der Waals surface area (Å²) >= 11 is 0. The summed E-state index contributed by atoms with van der Waals surface area (Å²) in [6.45, 7) is 0.678. The van der Waals surface area contributed by atoms with E-state index < -0.39 is 24.1 Å². The number of amides is 1. The van der Waals surface area contributed by atoms with Crippen LogP contribution in [0.3, 0.4) is 0 Å². The molecule has 7 heteroatoms. The zero-order valence-electron chi connectivity index (χ0n) is 13.5. The Balaban J connectivity index is 2.04. The fourth-order valence-electron chi connectivity index (χ4n) is 2.76. The highest BCUT2D eigenvalue weighted by molar-refractivity contribution is 6.16. The Morgan fingerprint density at radius 2 is 1.92 bits per heavy atom. The lowest BCUT2D eigenvalue weighted by Gasteiger charge is -2.31. The number of carboxylic acid groups (broad SMARTS) is 1. The highest BCUT2D eigenvalue weighted by atomic mass is 16.7. The standard InChI is InChI=1S/C17H21NO6/c1-23-16(20)14(11-12-5-3-2-4-6-12)15(19)18-9-7-13(8-10-18)24-17(21)22/h2-5,11-13H,6-10H2,1H3,(H,21,22). The summed E-state index contributed by atoms with van der Waals surface area (Å²) in [5.41, 5.74) is 0.0139. The van der Waals surface area contributed by atoms with E-state index in [1.165, 1.54) is 12.0 Å². The van der Waals surface area contributed by atoms with Gasteiger partial charge in [-0.2, -0.15) is 0 Å². The number of likely N-dealkylation sites (tertiary alicyclic amines) is 1. The Morgan fingerprint density at radius 1 is 1.21 bits per heavy atom. The summed E-state index contributed by atoms with van der Waals surface area (Å²) in [5.74, 6) is -1.08. The summed E-state index contributed by atoms with van der Waals surface area (Å²) < 4.78 is 9.47. The van der Waals surface area contributed by atoms with Crippen molar-refractivity contribution >= 4 is 18.0 Å². The van der Waals surface area contributed by atoms with Crippen LogP contribution in [0.15, 0.2) is 36.0 Å². The van der Waals surface area contributed by atoms with Crippen molar-refractivity contribution in [2.45, 2.75) is 25.4 Å². The minimum absolute atomic E-state index is 0.0139. The largest absolute Gasteiger partial charge is 0.506 e. The molecule has 1 atom stereocenters. The number of methoxy groups -OCH3 is 1. The molecule has 1 aliphatic carbocycles. The highest BCUT2D eigenvalue weighted by Gasteiger charge is 2.30. The molecule has 7 nitrogen and oxygen atoms in total. The maximum absolute atomic E-state index is 12.7. The third-order valence-corrected chi connectivity index (χ3v) is 4.03. The summed E-state index contributed by atoms with van der Waals surface area (Å²) in [6.07, 6.45) is 9.13. The topological polar surface area (TPSA) is 93.1 Å². The Kier molecular flexibility index (Phi) is 6.17. The van der Waals surface area contributed by atoms with Gasteiger partial charge >= 0.3 is 12.1 Å². The zero-order valence-corrected chi connectivity index (χ0v) is 13.5. The number of hydrogen-bond acceptors (Lipinski definition) is 5. The van der Waals surface area contributed by atoms with E-state index in [9.17, 15) is 14.4 Å². The summed E-state index contributed by atoms with van der Waals surface area (Å²) in [4.78, 5) is 36.7. The van der Waals surface area contributed by atoms with Gasteiger partial charge < -0.3 is 19.5 Å². The third kappa shape index (κ3) is 4.71. The normalized spacial score (nSPS) is 21.5. The number of ether oxygens (including phenoxy) is 2. The molecular weight excluding hydrogens is 314 g/mol. The monoisotopic (exact) mass is 335 g/mol. The van der Waals surface area contributed by atoms with Gasteiger partial charge in [0.05, 0.1) is 7.11 Å². The molecule has 0 aromatic carbocycles. The fourth-order valence-corrected chi connectivity index (χ4v) is 2.76. The first-order valence-electron chi connectivity index (χ1n) is 7.83. The molecule has 130 valence electrons. The number of esters is 1. The van der Waals surface area contributed by atoms with Gasteiger partial charge in [-0.3, -0.25) is 4.79 Å². The van der Waals surface area contributed by atoms with Gasteiger partial charge in [0.15, 0.2) is 0 Å². The fraction of sp³-hybridized carbons (Fsp3) is 0.471. The van der Waals surface area contributed by atoms with Crippen molar-refractivity contribution in [1.82, 2.24) is 4.90 Å². The zero-order chi connectivity index (χ0) is 17.5. The van der Waals surface area contributed by atoms with E-state index in [0.717, 1.165) is 6.42 Å². The number of piperidine rings is 1. The molecule has 1 amide bonds. The van der Waals surface area contributed by atoms with Gasteiger partial charge in [0, 0.05) is 25.9 Å². The predicted octanol–water partition coefficient (Wildman–Crippen LogP) is 1.90. The van der Waals surface area contributed by atoms with E-state index >= 15 is 0 Å². The Morgan fingerprint density at radius 3 is 2.46 bits per heavy atom.